The molecule has 0 aliphatic carbocycles. The van der Waals surface area contributed by atoms with Gasteiger partial charge in [0.05, 0.1) is 0 Å². The molecule has 0 aromatic carbocycles. The summed E-state index contributed by atoms with van der Waals surface area (Å²) in [6, 6.07) is 2.09. The average Bonchev–Trinajstić information content (AvgIpc) is 2.17. The van der Waals surface area contributed by atoms with Crippen LogP contribution in [0.15, 0.2) is 10.9 Å². The average molecular weight is 207 g/mol. The summed E-state index contributed by atoms with van der Waals surface area (Å²) in [5.74, 6) is 0.702. The Balaban J connectivity index is 2.06. The van der Waals surface area contributed by atoms with Gasteiger partial charge in [0.2, 0.25) is 0 Å². The molecule has 0 saturated carbocycles. The predicted molar refractivity (Wildman–Crippen MR) is 58.9 cm³/mol. The molecule has 1 atom stereocenters. The summed E-state index contributed by atoms with van der Waals surface area (Å²) >= 11 is 0. The van der Waals surface area contributed by atoms with E-state index < -0.39 is 0 Å². The van der Waals surface area contributed by atoms with Gasteiger partial charge in [0.1, 0.15) is 5.82 Å². The van der Waals surface area contributed by atoms with Gasteiger partial charge in [-0.2, -0.15) is 0 Å². The molecule has 0 bridgehead atoms. The van der Waals surface area contributed by atoms with Gasteiger partial charge in [-0.3, -0.25) is 4.79 Å². The largest absolute Gasteiger partial charge is 0.314 e. The van der Waals surface area contributed by atoms with Crippen LogP contribution in [0, 0.1) is 6.92 Å². The highest BCUT2D eigenvalue weighted by Crippen LogP contribution is 2.10. The van der Waals surface area contributed by atoms with Crippen molar-refractivity contribution in [3.63, 3.8) is 0 Å². The van der Waals surface area contributed by atoms with Crippen LogP contribution in [-0.4, -0.2) is 22.6 Å². The molecule has 2 heterocycles. The first-order chi connectivity index (χ1) is 7.24. The molecule has 1 aliphatic heterocycles. The van der Waals surface area contributed by atoms with E-state index in [0.717, 1.165) is 18.7 Å². The number of rotatable bonds is 2. The maximum Gasteiger partial charge on any atom is 0.251 e. The van der Waals surface area contributed by atoms with Crippen molar-refractivity contribution in [3.8, 4) is 0 Å². The van der Waals surface area contributed by atoms with E-state index in [9.17, 15) is 4.79 Å². The normalized spacial score (nSPS) is 21.5. The highest BCUT2D eigenvalue weighted by Gasteiger charge is 2.13. The summed E-state index contributed by atoms with van der Waals surface area (Å²) < 4.78 is 0. The first-order valence-electron chi connectivity index (χ1n) is 5.54. The molecule has 2 rings (SSSR count). The lowest BCUT2D eigenvalue weighted by molar-refractivity contribution is 0.396. The SMILES string of the molecule is Cc1nc(CC2CCCCN2)cc(=O)[nH]1. The van der Waals surface area contributed by atoms with Gasteiger partial charge in [-0.15, -0.1) is 0 Å². The fraction of sp³-hybridized carbons (Fsp3) is 0.636. The molecule has 4 nitrogen and oxygen atoms in total. The summed E-state index contributed by atoms with van der Waals surface area (Å²) in [5, 5.41) is 3.45. The van der Waals surface area contributed by atoms with E-state index in [1.807, 2.05) is 6.92 Å². The Hall–Kier alpha value is -1.16. The zero-order valence-electron chi connectivity index (χ0n) is 9.05. The van der Waals surface area contributed by atoms with Crippen LogP contribution in [-0.2, 0) is 6.42 Å². The van der Waals surface area contributed by atoms with Crippen LogP contribution < -0.4 is 10.9 Å². The molecule has 1 aromatic heterocycles. The molecule has 82 valence electrons. The van der Waals surface area contributed by atoms with Gasteiger partial charge in [-0.25, -0.2) is 4.98 Å². The zero-order valence-corrected chi connectivity index (χ0v) is 9.05. The van der Waals surface area contributed by atoms with Crippen molar-refractivity contribution in [2.24, 2.45) is 0 Å². The summed E-state index contributed by atoms with van der Waals surface area (Å²) in [6.07, 6.45) is 4.59. The molecule has 4 heteroatoms. The smallest absolute Gasteiger partial charge is 0.251 e. The molecule has 1 aliphatic rings. The zero-order chi connectivity index (χ0) is 10.7. The summed E-state index contributed by atoms with van der Waals surface area (Å²) in [4.78, 5) is 18.2. The third-order valence-corrected chi connectivity index (χ3v) is 2.78. The molecule has 15 heavy (non-hydrogen) atoms. The Morgan fingerprint density at radius 1 is 1.53 bits per heavy atom. The minimum absolute atomic E-state index is 0.0479. The number of nitrogens with one attached hydrogen (secondary N) is 2. The van der Waals surface area contributed by atoms with Crippen LogP contribution in [0.3, 0.4) is 0 Å². The van der Waals surface area contributed by atoms with Crippen molar-refractivity contribution < 1.29 is 0 Å². The molecule has 0 spiro atoms. The third-order valence-electron chi connectivity index (χ3n) is 2.78. The van der Waals surface area contributed by atoms with Crippen molar-refractivity contribution >= 4 is 0 Å². The molecule has 0 amide bonds. The van der Waals surface area contributed by atoms with E-state index in [2.05, 4.69) is 15.3 Å². The van der Waals surface area contributed by atoms with Gasteiger partial charge in [-0.05, 0) is 26.3 Å². The van der Waals surface area contributed by atoms with Crippen molar-refractivity contribution in [1.82, 2.24) is 15.3 Å². The first-order valence-corrected chi connectivity index (χ1v) is 5.54. The summed E-state index contributed by atoms with van der Waals surface area (Å²) in [5.41, 5.74) is 0.851. The van der Waals surface area contributed by atoms with Crippen molar-refractivity contribution in [1.29, 1.82) is 0 Å². The van der Waals surface area contributed by atoms with Crippen molar-refractivity contribution in [2.75, 3.05) is 6.54 Å². The first kappa shape index (κ1) is 10.4. The highest BCUT2D eigenvalue weighted by molar-refractivity contribution is 5.04. The number of piperidine rings is 1. The fourth-order valence-corrected chi connectivity index (χ4v) is 2.10. The third kappa shape index (κ3) is 2.89. The van der Waals surface area contributed by atoms with Gasteiger partial charge in [0, 0.05) is 24.2 Å². The van der Waals surface area contributed by atoms with Crippen LogP contribution in [0.5, 0.6) is 0 Å². The number of nitrogens with zero attached hydrogens (tertiary/aromatic N) is 1. The Labute approximate surface area is 89.1 Å². The van der Waals surface area contributed by atoms with E-state index in [1.54, 1.807) is 6.07 Å². The molecule has 1 unspecified atom stereocenters. The second-order valence-electron chi connectivity index (χ2n) is 4.17. The Morgan fingerprint density at radius 3 is 3.07 bits per heavy atom. The van der Waals surface area contributed by atoms with Gasteiger partial charge in [-0.1, -0.05) is 6.42 Å². The quantitative estimate of drug-likeness (QED) is 0.753. The molecule has 1 saturated heterocycles. The fourth-order valence-electron chi connectivity index (χ4n) is 2.10. The van der Waals surface area contributed by atoms with Gasteiger partial charge in [0.15, 0.2) is 0 Å². The molecule has 2 N–H and O–H groups in total. The minimum atomic E-state index is -0.0479. The Bertz CT molecular complexity index is 380. The lowest BCUT2D eigenvalue weighted by atomic mass is 10.0. The monoisotopic (exact) mass is 207 g/mol. The number of H-pyrrole nitrogens is 1. The lowest BCUT2D eigenvalue weighted by Gasteiger charge is -2.22. The number of hydrogen-bond donors (Lipinski definition) is 2. The minimum Gasteiger partial charge on any atom is -0.314 e. The van der Waals surface area contributed by atoms with Crippen molar-refractivity contribution in [3.05, 3.63) is 27.9 Å². The van der Waals surface area contributed by atoms with E-state index in [4.69, 9.17) is 0 Å². The molecular weight excluding hydrogens is 190 g/mol. The van der Waals surface area contributed by atoms with Gasteiger partial charge >= 0.3 is 0 Å². The molecule has 0 radical (unpaired) electrons. The number of hydrogen-bond acceptors (Lipinski definition) is 3. The molecule has 1 fully saturated rings. The second kappa shape index (κ2) is 4.57. The van der Waals surface area contributed by atoms with Gasteiger partial charge < -0.3 is 10.3 Å². The van der Waals surface area contributed by atoms with Crippen molar-refractivity contribution in [2.45, 2.75) is 38.6 Å². The van der Waals surface area contributed by atoms with Gasteiger partial charge in [0.25, 0.3) is 5.56 Å². The van der Waals surface area contributed by atoms with Crippen LogP contribution >= 0.6 is 0 Å². The number of aryl methyl sites for hydroxylation is 1. The molecular formula is C11H17N3O. The topological polar surface area (TPSA) is 57.8 Å². The maximum atomic E-state index is 11.2. The van der Waals surface area contributed by atoms with E-state index in [1.165, 1.54) is 19.3 Å². The lowest BCUT2D eigenvalue weighted by Crippen LogP contribution is -2.36. The Morgan fingerprint density at radius 2 is 2.40 bits per heavy atom. The van der Waals surface area contributed by atoms with Crippen LogP contribution in [0.2, 0.25) is 0 Å². The predicted octanol–water partition coefficient (Wildman–Crippen LogP) is 0.763. The van der Waals surface area contributed by atoms with Crippen LogP contribution in [0.4, 0.5) is 0 Å². The van der Waals surface area contributed by atoms with E-state index in [-0.39, 0.29) is 5.56 Å². The maximum absolute atomic E-state index is 11.2. The number of aromatic nitrogens is 2. The molecule has 1 aromatic rings. The highest BCUT2D eigenvalue weighted by atomic mass is 16.1. The summed E-state index contributed by atoms with van der Waals surface area (Å²) in [7, 11) is 0. The Kier molecular flexibility index (Phi) is 3.16. The van der Waals surface area contributed by atoms with Crippen LogP contribution in [0.25, 0.3) is 0 Å². The summed E-state index contributed by atoms with van der Waals surface area (Å²) in [6.45, 7) is 2.91. The second-order valence-corrected chi connectivity index (χ2v) is 4.17. The van der Waals surface area contributed by atoms with E-state index >= 15 is 0 Å². The number of aromatic amines is 1. The van der Waals surface area contributed by atoms with E-state index in [0.29, 0.717) is 11.9 Å². The standard InChI is InChI=1S/C11H17N3O/c1-8-13-10(7-11(15)14-8)6-9-4-2-3-5-12-9/h7,9,12H,2-6H2,1H3,(H,13,14,15). The van der Waals surface area contributed by atoms with Crippen LogP contribution in [0.1, 0.15) is 30.8 Å².